The second-order valence-corrected chi connectivity index (χ2v) is 5.59. The Morgan fingerprint density at radius 2 is 2.16 bits per heavy atom. The predicted octanol–water partition coefficient (Wildman–Crippen LogP) is 3.37. The quantitative estimate of drug-likeness (QED) is 0.755. The first-order valence-electron chi connectivity index (χ1n) is 7.36. The normalized spacial score (nSPS) is 10.5. The molecule has 1 N–H and O–H groups in total. The number of ether oxygens (including phenoxy) is 1. The van der Waals surface area contributed by atoms with Crippen molar-refractivity contribution < 1.29 is 9.13 Å². The van der Waals surface area contributed by atoms with E-state index in [9.17, 15) is 9.18 Å². The number of halogens is 2. The van der Waals surface area contributed by atoms with E-state index in [1.165, 1.54) is 31.6 Å². The van der Waals surface area contributed by atoms with Gasteiger partial charge in [0.15, 0.2) is 11.6 Å². The summed E-state index contributed by atoms with van der Waals surface area (Å²) >= 11 is 5.98. The zero-order valence-corrected chi connectivity index (χ0v) is 14.0. The maximum Gasteiger partial charge on any atom is 0.287 e. The Kier molecular flexibility index (Phi) is 4.95. The fraction of sp³-hybridized carbons (Fsp3) is 0.118. The highest BCUT2D eigenvalue weighted by Crippen LogP contribution is 2.25. The van der Waals surface area contributed by atoms with Gasteiger partial charge in [0.25, 0.3) is 5.56 Å². The van der Waals surface area contributed by atoms with Crippen LogP contribution in [0.1, 0.15) is 5.56 Å². The number of pyridine rings is 1. The molecule has 0 bridgehead atoms. The van der Waals surface area contributed by atoms with Gasteiger partial charge in [-0.3, -0.25) is 9.78 Å². The Morgan fingerprint density at radius 3 is 2.88 bits per heavy atom. The number of anilines is 1. The molecule has 0 saturated carbocycles. The molecule has 0 aliphatic rings. The molecule has 3 rings (SSSR count). The van der Waals surface area contributed by atoms with E-state index in [1.807, 2.05) is 0 Å². The molecule has 0 fully saturated rings. The molecule has 0 aliphatic carbocycles. The fourth-order valence-corrected chi connectivity index (χ4v) is 2.34. The minimum absolute atomic E-state index is 0.0366. The van der Waals surface area contributed by atoms with Gasteiger partial charge in [0.1, 0.15) is 10.8 Å². The average Bonchev–Trinajstić information content (AvgIpc) is 2.62. The van der Waals surface area contributed by atoms with Crippen LogP contribution in [0.3, 0.4) is 0 Å². The van der Waals surface area contributed by atoms with Crippen LogP contribution < -0.4 is 15.6 Å². The van der Waals surface area contributed by atoms with Crippen LogP contribution in [0.25, 0.3) is 0 Å². The largest absolute Gasteiger partial charge is 0.453 e. The molecule has 0 unspecified atom stereocenters. The van der Waals surface area contributed by atoms with Crippen molar-refractivity contribution in [1.29, 1.82) is 0 Å². The Labute approximate surface area is 147 Å². The Bertz CT molecular complexity index is 947. The molecule has 8 heteroatoms. The van der Waals surface area contributed by atoms with Gasteiger partial charge in [0.2, 0.25) is 0 Å². The van der Waals surface area contributed by atoms with Crippen molar-refractivity contribution >= 4 is 17.3 Å². The van der Waals surface area contributed by atoms with Crippen LogP contribution >= 0.6 is 11.6 Å². The van der Waals surface area contributed by atoms with Crippen molar-refractivity contribution in [3.8, 4) is 11.5 Å². The lowest BCUT2D eigenvalue weighted by molar-refractivity contribution is 0.440. The monoisotopic (exact) mass is 360 g/mol. The summed E-state index contributed by atoms with van der Waals surface area (Å²) in [6, 6.07) is 7.98. The Morgan fingerprint density at radius 1 is 1.32 bits per heavy atom. The standard InChI is InChI=1S/C17H14ClFN4O2/c1-23-17(24)16(18)14(10-22-23)21-8-11-4-5-15(13(19)7-11)25-12-3-2-6-20-9-12/h2-7,9-10,21H,8H2,1H3. The minimum Gasteiger partial charge on any atom is -0.453 e. The summed E-state index contributed by atoms with van der Waals surface area (Å²) in [5.41, 5.74) is 0.645. The van der Waals surface area contributed by atoms with Gasteiger partial charge in [-0.25, -0.2) is 9.07 Å². The molecular weight excluding hydrogens is 347 g/mol. The molecule has 1 aromatic carbocycles. The number of benzene rings is 1. The maximum atomic E-state index is 14.2. The Balaban J connectivity index is 1.71. The number of hydrogen-bond acceptors (Lipinski definition) is 5. The van der Waals surface area contributed by atoms with Crippen LogP contribution in [0.15, 0.2) is 53.7 Å². The number of aromatic nitrogens is 3. The van der Waals surface area contributed by atoms with Gasteiger partial charge in [-0.1, -0.05) is 17.7 Å². The molecule has 128 valence electrons. The molecule has 0 atom stereocenters. The smallest absolute Gasteiger partial charge is 0.287 e. The van der Waals surface area contributed by atoms with E-state index in [1.54, 1.807) is 24.4 Å². The molecule has 0 amide bonds. The average molecular weight is 361 g/mol. The first kappa shape index (κ1) is 16.9. The number of hydrogen-bond donors (Lipinski definition) is 1. The molecular formula is C17H14ClFN4O2. The summed E-state index contributed by atoms with van der Waals surface area (Å²) < 4.78 is 20.8. The van der Waals surface area contributed by atoms with E-state index in [0.29, 0.717) is 17.0 Å². The van der Waals surface area contributed by atoms with Gasteiger partial charge in [0, 0.05) is 19.8 Å². The molecule has 25 heavy (non-hydrogen) atoms. The van der Waals surface area contributed by atoms with Crippen molar-refractivity contribution in [3.63, 3.8) is 0 Å². The van der Waals surface area contributed by atoms with E-state index in [2.05, 4.69) is 15.4 Å². The van der Waals surface area contributed by atoms with Crippen molar-refractivity contribution in [2.45, 2.75) is 6.54 Å². The number of rotatable bonds is 5. The highest BCUT2D eigenvalue weighted by Gasteiger charge is 2.09. The first-order chi connectivity index (χ1) is 12.0. The van der Waals surface area contributed by atoms with Gasteiger partial charge in [-0.2, -0.15) is 5.10 Å². The third-order valence-electron chi connectivity index (χ3n) is 3.42. The maximum absolute atomic E-state index is 14.2. The van der Waals surface area contributed by atoms with Gasteiger partial charge in [-0.15, -0.1) is 0 Å². The summed E-state index contributed by atoms with van der Waals surface area (Å²) in [6.45, 7) is 0.276. The summed E-state index contributed by atoms with van der Waals surface area (Å²) in [5.74, 6) is 0.0478. The van der Waals surface area contributed by atoms with Gasteiger partial charge < -0.3 is 10.1 Å². The van der Waals surface area contributed by atoms with Crippen molar-refractivity contribution in [2.75, 3.05) is 5.32 Å². The van der Waals surface area contributed by atoms with E-state index < -0.39 is 11.4 Å². The molecule has 2 aromatic heterocycles. The second kappa shape index (κ2) is 7.31. The number of nitrogens with zero attached hydrogens (tertiary/aromatic N) is 3. The lowest BCUT2D eigenvalue weighted by Crippen LogP contribution is -2.21. The van der Waals surface area contributed by atoms with Crippen LogP contribution in [0.4, 0.5) is 10.1 Å². The van der Waals surface area contributed by atoms with Crippen molar-refractivity contribution in [3.05, 3.63) is 75.7 Å². The molecule has 0 aliphatic heterocycles. The lowest BCUT2D eigenvalue weighted by atomic mass is 10.2. The first-order valence-corrected chi connectivity index (χ1v) is 7.74. The molecule has 0 radical (unpaired) electrons. The van der Waals surface area contributed by atoms with Gasteiger partial charge in [-0.05, 0) is 29.8 Å². The topological polar surface area (TPSA) is 69.0 Å². The fourth-order valence-electron chi connectivity index (χ4n) is 2.10. The van der Waals surface area contributed by atoms with Crippen LogP contribution in [-0.2, 0) is 13.6 Å². The summed E-state index contributed by atoms with van der Waals surface area (Å²) in [5, 5.41) is 6.89. The molecule has 0 saturated heterocycles. The highest BCUT2D eigenvalue weighted by molar-refractivity contribution is 6.32. The highest BCUT2D eigenvalue weighted by atomic mass is 35.5. The van der Waals surface area contributed by atoms with E-state index in [-0.39, 0.29) is 17.3 Å². The van der Waals surface area contributed by atoms with Crippen LogP contribution in [0.2, 0.25) is 5.02 Å². The lowest BCUT2D eigenvalue weighted by Gasteiger charge is -2.10. The molecule has 2 heterocycles. The SMILES string of the molecule is Cn1ncc(NCc2ccc(Oc3cccnc3)c(F)c2)c(Cl)c1=O. The van der Waals surface area contributed by atoms with Crippen LogP contribution in [0, 0.1) is 5.82 Å². The third kappa shape index (κ3) is 3.95. The van der Waals surface area contributed by atoms with Gasteiger partial charge in [0.05, 0.1) is 18.1 Å². The number of nitrogens with one attached hydrogen (secondary N) is 1. The van der Waals surface area contributed by atoms with Crippen LogP contribution in [-0.4, -0.2) is 14.8 Å². The van der Waals surface area contributed by atoms with Gasteiger partial charge >= 0.3 is 0 Å². The van der Waals surface area contributed by atoms with E-state index >= 15 is 0 Å². The molecule has 6 nitrogen and oxygen atoms in total. The van der Waals surface area contributed by atoms with Crippen LogP contribution in [0.5, 0.6) is 11.5 Å². The summed E-state index contributed by atoms with van der Waals surface area (Å²) in [6.07, 6.45) is 4.55. The second-order valence-electron chi connectivity index (χ2n) is 5.21. The Hall–Kier alpha value is -2.93. The molecule has 0 spiro atoms. The number of aryl methyl sites for hydroxylation is 1. The summed E-state index contributed by atoms with van der Waals surface area (Å²) in [7, 11) is 1.51. The zero-order chi connectivity index (χ0) is 17.8. The minimum atomic E-state index is -0.503. The van der Waals surface area contributed by atoms with Crippen molar-refractivity contribution in [2.24, 2.45) is 7.05 Å². The zero-order valence-electron chi connectivity index (χ0n) is 13.2. The van der Waals surface area contributed by atoms with Crippen molar-refractivity contribution in [1.82, 2.24) is 14.8 Å². The van der Waals surface area contributed by atoms with E-state index in [4.69, 9.17) is 16.3 Å². The molecule has 3 aromatic rings. The third-order valence-corrected chi connectivity index (χ3v) is 3.78. The summed E-state index contributed by atoms with van der Waals surface area (Å²) in [4.78, 5) is 15.6. The predicted molar refractivity (Wildman–Crippen MR) is 92.5 cm³/mol. The van der Waals surface area contributed by atoms with E-state index in [0.717, 1.165) is 4.68 Å².